The number of unbranched alkanes of at least 4 members (excludes halogenated alkanes) is 3. The second-order valence-electron chi connectivity index (χ2n) is 6.93. The van der Waals surface area contributed by atoms with Crippen LogP contribution in [-0.2, 0) is 0 Å². The first kappa shape index (κ1) is 20.2. The monoisotopic (exact) mass is 344 g/mol. The van der Waals surface area contributed by atoms with Crippen LogP contribution in [0.25, 0.3) is 0 Å². The molecular weight excluding hydrogens is 310 g/mol. The van der Waals surface area contributed by atoms with Crippen molar-refractivity contribution in [3.8, 4) is 0 Å². The number of halogens is 2. The molecule has 0 aromatic carbocycles. The molecule has 0 fully saturated rings. The average Bonchev–Trinajstić information content (AvgIpc) is 2.30. The fourth-order valence-electron chi connectivity index (χ4n) is 3.17. The minimum absolute atomic E-state index is 1.18. The van der Waals surface area contributed by atoms with E-state index in [1.807, 2.05) is 0 Å². The van der Waals surface area contributed by atoms with Crippen molar-refractivity contribution in [3.05, 3.63) is 0 Å². The number of hydrogen-bond donors (Lipinski definition) is 0. The van der Waals surface area contributed by atoms with E-state index in [0.29, 0.717) is 0 Å². The Hall–Kier alpha value is 1.23. The van der Waals surface area contributed by atoms with Crippen LogP contribution < -0.4 is 0 Å². The van der Waals surface area contributed by atoms with Crippen LogP contribution in [0, 0.1) is 0 Å². The van der Waals surface area contributed by atoms with Crippen molar-refractivity contribution >= 4 is 35.7 Å². The Labute approximate surface area is 132 Å². The number of rotatable bonds is 11. The van der Waals surface area contributed by atoms with Crippen LogP contribution in [0.15, 0.2) is 0 Å². The fourth-order valence-corrected chi connectivity index (χ4v) is 23.7. The van der Waals surface area contributed by atoms with Gasteiger partial charge in [0.25, 0.3) is 0 Å². The molecule has 118 valence electrons. The molecule has 0 aromatic heterocycles. The van der Waals surface area contributed by atoms with Gasteiger partial charge in [-0.1, -0.05) is 0 Å². The van der Waals surface area contributed by atoms with Gasteiger partial charge in [-0.2, -0.15) is 0 Å². The first-order valence-electron chi connectivity index (χ1n) is 8.10. The second kappa shape index (κ2) is 8.62. The topological polar surface area (TPSA) is 0 Å². The van der Waals surface area contributed by atoms with E-state index in [9.17, 15) is 0 Å². The molecule has 0 aliphatic rings. The molecular formula is C15H35Cl2PSi. The summed E-state index contributed by atoms with van der Waals surface area (Å²) in [4.78, 5) is 0. The molecule has 0 N–H and O–H groups in total. The van der Waals surface area contributed by atoms with Crippen LogP contribution in [0.3, 0.4) is 0 Å². The van der Waals surface area contributed by atoms with Crippen LogP contribution in [0.5, 0.6) is 0 Å². The third kappa shape index (κ3) is 8.30. The summed E-state index contributed by atoms with van der Waals surface area (Å²) >= 11 is 14.2. The van der Waals surface area contributed by atoms with E-state index in [2.05, 4.69) is 33.9 Å². The summed E-state index contributed by atoms with van der Waals surface area (Å²) in [5.41, 5.74) is 0. The molecule has 0 radical (unpaired) electrons. The normalized spacial score (nSPS) is 15.2. The van der Waals surface area contributed by atoms with Crippen molar-refractivity contribution in [2.45, 2.75) is 72.4 Å². The molecule has 0 aliphatic heterocycles. The molecule has 4 heteroatoms. The molecule has 0 saturated heterocycles. The molecule has 0 bridgehead atoms. The van der Waals surface area contributed by atoms with Gasteiger partial charge in [0.15, 0.2) is 0 Å². The molecule has 0 aliphatic carbocycles. The Bertz CT molecular complexity index is 226. The molecule has 0 aromatic rings. The summed E-state index contributed by atoms with van der Waals surface area (Å²) in [6, 6.07) is 0. The standard InChI is InChI=1S/C15H35Cl2PSi/c1-6-9-12-18(16,13-10-7-2,14-11-8-3)15-19(4,5)17/h6-15H2,1-5H3. The van der Waals surface area contributed by atoms with E-state index in [-0.39, 0.29) is 0 Å². The van der Waals surface area contributed by atoms with Crippen LogP contribution >= 0.6 is 28.3 Å². The molecule has 0 heterocycles. The molecule has 0 nitrogen and oxygen atoms in total. The Morgan fingerprint density at radius 2 is 1.11 bits per heavy atom. The third-order valence-corrected chi connectivity index (χ3v) is 18.1. The van der Waals surface area contributed by atoms with Crippen LogP contribution in [0.1, 0.15) is 59.3 Å². The number of hydrogen-bond acceptors (Lipinski definition) is 0. The van der Waals surface area contributed by atoms with Crippen molar-refractivity contribution in [2.75, 3.05) is 24.3 Å². The maximum atomic E-state index is 7.50. The van der Waals surface area contributed by atoms with Gasteiger partial charge in [-0.15, -0.1) is 0 Å². The Balaban J connectivity index is 5.16. The van der Waals surface area contributed by atoms with E-state index in [4.69, 9.17) is 22.3 Å². The minimum atomic E-state index is -2.08. The summed E-state index contributed by atoms with van der Waals surface area (Å²) in [5, 5.41) is 0. The second-order valence-corrected chi connectivity index (χ2v) is 22.5. The van der Waals surface area contributed by atoms with Crippen molar-refractivity contribution in [3.63, 3.8) is 0 Å². The van der Waals surface area contributed by atoms with Gasteiger partial charge in [-0.3, -0.25) is 0 Å². The maximum absolute atomic E-state index is 7.50. The molecule has 0 amide bonds. The van der Waals surface area contributed by atoms with Gasteiger partial charge in [0.05, 0.1) is 0 Å². The predicted molar refractivity (Wildman–Crippen MR) is 100 cm³/mol. The zero-order chi connectivity index (χ0) is 15.0. The molecule has 0 rings (SSSR count). The molecule has 0 atom stereocenters. The van der Waals surface area contributed by atoms with E-state index >= 15 is 0 Å². The van der Waals surface area contributed by atoms with Crippen molar-refractivity contribution in [1.29, 1.82) is 0 Å². The van der Waals surface area contributed by atoms with Crippen molar-refractivity contribution in [2.24, 2.45) is 0 Å². The Morgan fingerprint density at radius 3 is 1.32 bits per heavy atom. The van der Waals surface area contributed by atoms with Crippen LogP contribution in [-0.4, -0.2) is 31.7 Å². The van der Waals surface area contributed by atoms with Crippen LogP contribution in [0.2, 0.25) is 13.1 Å². The summed E-state index contributed by atoms with van der Waals surface area (Å²) in [7, 11) is -1.62. The Kier molecular flexibility index (Phi) is 9.17. The molecule has 19 heavy (non-hydrogen) atoms. The zero-order valence-corrected chi connectivity index (χ0v) is 17.2. The van der Waals surface area contributed by atoms with Gasteiger partial charge in [-0.05, 0) is 0 Å². The first-order chi connectivity index (χ1) is 8.69. The molecule has 0 spiro atoms. The summed E-state index contributed by atoms with van der Waals surface area (Å²) in [6.45, 7) is 11.4. The SMILES string of the molecule is CCCCP(Cl)(CCCC)(CCCC)C[Si](C)(C)Cl. The quantitative estimate of drug-likeness (QED) is 0.213. The summed E-state index contributed by atoms with van der Waals surface area (Å²) < 4.78 is 0. The fraction of sp³-hybridized carbons (Fsp3) is 1.00. The first-order valence-corrected chi connectivity index (χ1v) is 16.2. The summed E-state index contributed by atoms with van der Waals surface area (Å²) in [5.74, 6) is -0.895. The van der Waals surface area contributed by atoms with Gasteiger partial charge in [0.1, 0.15) is 0 Å². The van der Waals surface area contributed by atoms with Gasteiger partial charge >= 0.3 is 132 Å². The van der Waals surface area contributed by atoms with Gasteiger partial charge in [-0.25, -0.2) is 0 Å². The van der Waals surface area contributed by atoms with E-state index in [1.54, 1.807) is 0 Å². The average molecular weight is 345 g/mol. The predicted octanol–water partition coefficient (Wildman–Crippen LogP) is 7.08. The van der Waals surface area contributed by atoms with E-state index < -0.39 is 13.3 Å². The molecule has 0 unspecified atom stereocenters. The van der Waals surface area contributed by atoms with E-state index in [0.717, 1.165) is 0 Å². The third-order valence-electron chi connectivity index (χ3n) is 3.98. The van der Waals surface area contributed by atoms with Gasteiger partial charge in [0.2, 0.25) is 0 Å². The van der Waals surface area contributed by atoms with E-state index in [1.165, 1.54) is 62.8 Å². The zero-order valence-electron chi connectivity index (χ0n) is 13.8. The Morgan fingerprint density at radius 1 is 0.789 bits per heavy atom. The van der Waals surface area contributed by atoms with Crippen molar-refractivity contribution < 1.29 is 0 Å². The van der Waals surface area contributed by atoms with Gasteiger partial charge in [0, 0.05) is 0 Å². The van der Waals surface area contributed by atoms with Crippen molar-refractivity contribution in [1.82, 2.24) is 0 Å². The van der Waals surface area contributed by atoms with Gasteiger partial charge < -0.3 is 0 Å². The van der Waals surface area contributed by atoms with Crippen LogP contribution in [0.4, 0.5) is 0 Å². The summed E-state index contributed by atoms with van der Waals surface area (Å²) in [6.07, 6.45) is 11.4. The molecule has 0 saturated carbocycles.